The summed E-state index contributed by atoms with van der Waals surface area (Å²) in [5, 5.41) is 16.4. The van der Waals surface area contributed by atoms with Crippen molar-refractivity contribution in [1.29, 1.82) is 0 Å². The molecule has 6 aromatic rings. The molecule has 3 N–H and O–H groups in total. The number of benzene rings is 1. The molecule has 1 aliphatic carbocycles. The van der Waals surface area contributed by atoms with E-state index in [9.17, 15) is 0 Å². The molecular weight excluding hydrogens is 778 g/mol. The quantitative estimate of drug-likeness (QED) is 0.127. The van der Waals surface area contributed by atoms with Crippen molar-refractivity contribution in [2.75, 3.05) is 36.9 Å². The second-order valence-electron chi connectivity index (χ2n) is 12.5. The van der Waals surface area contributed by atoms with Gasteiger partial charge in [-0.1, -0.05) is 47.5 Å². The lowest BCUT2D eigenvalue weighted by Gasteiger charge is -2.13. The van der Waals surface area contributed by atoms with Gasteiger partial charge in [-0.05, 0) is 66.7 Å². The smallest absolute Gasteiger partial charge is 0.178 e. The number of nitrogens with one attached hydrogen (secondary N) is 3. The third-order valence-electron chi connectivity index (χ3n) is 8.97. The number of aromatic amines is 1. The number of halogens is 3. The topological polar surface area (TPSA) is 132 Å². The predicted molar refractivity (Wildman–Crippen MR) is 199 cm³/mol. The summed E-state index contributed by atoms with van der Waals surface area (Å²) in [6.45, 7) is 3.21. The highest BCUT2D eigenvalue weighted by atomic mass is 127. The minimum absolute atomic E-state index is 0.233. The molecule has 1 aromatic carbocycles. The fourth-order valence-corrected chi connectivity index (χ4v) is 7.08. The molecule has 2 saturated heterocycles. The van der Waals surface area contributed by atoms with E-state index < -0.39 is 0 Å². The summed E-state index contributed by atoms with van der Waals surface area (Å²) >= 11 is 14.5. The van der Waals surface area contributed by atoms with Crippen LogP contribution in [0, 0.1) is 3.70 Å². The molecule has 49 heavy (non-hydrogen) atoms. The zero-order valence-corrected chi connectivity index (χ0v) is 30.2. The first-order chi connectivity index (χ1) is 24.0. The molecule has 3 fully saturated rings. The monoisotopic (exact) mass is 812 g/mol. The van der Waals surface area contributed by atoms with Crippen molar-refractivity contribution < 1.29 is 9.47 Å². The molecule has 0 bridgehead atoms. The largest absolute Gasteiger partial charge is 0.379 e. The number of hydrogen-bond donors (Lipinski definition) is 3. The maximum Gasteiger partial charge on any atom is 0.178 e. The normalized spacial score (nSPS) is 19.0. The number of aromatic nitrogens is 8. The molecule has 5 aromatic heterocycles. The van der Waals surface area contributed by atoms with Gasteiger partial charge in [0.2, 0.25) is 0 Å². The highest BCUT2D eigenvalue weighted by Crippen LogP contribution is 2.39. The van der Waals surface area contributed by atoms with Gasteiger partial charge in [0.05, 0.1) is 53.6 Å². The number of H-pyrrole nitrogens is 1. The van der Waals surface area contributed by atoms with E-state index in [1.165, 1.54) is 12.8 Å². The molecule has 0 spiro atoms. The van der Waals surface area contributed by atoms with E-state index in [1.807, 2.05) is 18.5 Å². The van der Waals surface area contributed by atoms with Crippen LogP contribution in [0.3, 0.4) is 0 Å². The lowest BCUT2D eigenvalue weighted by atomic mass is 10.1. The molecule has 9 rings (SSSR count). The lowest BCUT2D eigenvalue weighted by molar-refractivity contribution is 0.120. The molecule has 2 atom stereocenters. The van der Waals surface area contributed by atoms with Gasteiger partial charge in [0.15, 0.2) is 21.6 Å². The molecule has 7 heterocycles. The Bertz CT molecular complexity index is 2070. The van der Waals surface area contributed by atoms with E-state index in [2.05, 4.69) is 87.6 Å². The third-order valence-corrected chi connectivity index (χ3v) is 10.1. The van der Waals surface area contributed by atoms with Gasteiger partial charge in [-0.2, -0.15) is 10.2 Å². The Kier molecular flexibility index (Phi) is 9.60. The van der Waals surface area contributed by atoms with E-state index in [0.717, 1.165) is 107 Å². The minimum atomic E-state index is 0.233. The van der Waals surface area contributed by atoms with Gasteiger partial charge in [-0.25, -0.2) is 24.0 Å². The molecule has 3 aliphatic rings. The van der Waals surface area contributed by atoms with Gasteiger partial charge < -0.3 is 25.1 Å². The molecule has 0 radical (unpaired) electrons. The fourth-order valence-electron chi connectivity index (χ4n) is 6.23. The van der Waals surface area contributed by atoms with Crippen LogP contribution >= 0.6 is 45.8 Å². The van der Waals surface area contributed by atoms with Crippen molar-refractivity contribution in [3.05, 3.63) is 74.8 Å². The van der Waals surface area contributed by atoms with Gasteiger partial charge in [0.25, 0.3) is 0 Å². The first kappa shape index (κ1) is 32.7. The molecule has 15 heteroatoms. The molecule has 0 amide bonds. The number of nitrogens with zero attached hydrogens (tertiary/aromatic N) is 7. The summed E-state index contributed by atoms with van der Waals surface area (Å²) in [5.74, 6) is 1.72. The van der Waals surface area contributed by atoms with Crippen LogP contribution in [0.4, 0.5) is 11.4 Å². The minimum Gasteiger partial charge on any atom is -0.379 e. The van der Waals surface area contributed by atoms with Crippen molar-refractivity contribution in [1.82, 2.24) is 39.2 Å². The second kappa shape index (κ2) is 14.4. The summed E-state index contributed by atoms with van der Waals surface area (Å²) < 4.78 is 15.8. The number of anilines is 2. The number of imidazole rings is 3. The van der Waals surface area contributed by atoms with Gasteiger partial charge in [0.1, 0.15) is 9.53 Å². The first-order valence-electron chi connectivity index (χ1n) is 16.6. The van der Waals surface area contributed by atoms with Crippen molar-refractivity contribution in [3.8, 4) is 22.5 Å². The molecule has 12 nitrogen and oxygen atoms in total. The van der Waals surface area contributed by atoms with Gasteiger partial charge in [-0.3, -0.25) is 0 Å². The highest BCUT2D eigenvalue weighted by Gasteiger charge is 2.26. The van der Waals surface area contributed by atoms with Crippen molar-refractivity contribution >= 4 is 68.5 Å². The lowest BCUT2D eigenvalue weighted by Crippen LogP contribution is -2.19. The Hall–Kier alpha value is -3.50. The van der Waals surface area contributed by atoms with Crippen LogP contribution in [0.25, 0.3) is 33.8 Å². The summed E-state index contributed by atoms with van der Waals surface area (Å²) in [6, 6.07) is 12.0. The average Bonchev–Trinajstić information content (AvgIpc) is 3.71. The van der Waals surface area contributed by atoms with E-state index in [1.54, 1.807) is 21.3 Å². The zero-order valence-electron chi connectivity index (χ0n) is 26.6. The van der Waals surface area contributed by atoms with Crippen LogP contribution in [0.5, 0.6) is 0 Å². The Morgan fingerprint density at radius 2 is 1.35 bits per heavy atom. The van der Waals surface area contributed by atoms with Crippen molar-refractivity contribution in [3.63, 3.8) is 0 Å². The second-order valence-corrected chi connectivity index (χ2v) is 14.4. The van der Waals surface area contributed by atoms with E-state index in [0.29, 0.717) is 16.2 Å². The zero-order chi connectivity index (χ0) is 33.3. The van der Waals surface area contributed by atoms with Gasteiger partial charge in [0, 0.05) is 49.9 Å². The maximum absolute atomic E-state index is 6.33. The van der Waals surface area contributed by atoms with Crippen molar-refractivity contribution in [2.45, 2.75) is 56.7 Å². The SMILES string of the molecule is Clc1cc(NC[C@H]2CCCO2)c2ncc(-c3ccc(-c4cnc(C5CC5)[nH]4)cc3)n2n1.Clc1cc(NC[C@H]2CCCO2)c2ncc(I)n2n1. The molecule has 254 valence electrons. The summed E-state index contributed by atoms with van der Waals surface area (Å²) in [7, 11) is 0. The van der Waals surface area contributed by atoms with Crippen LogP contribution in [-0.4, -0.2) is 77.7 Å². The van der Waals surface area contributed by atoms with Crippen LogP contribution < -0.4 is 10.6 Å². The Morgan fingerprint density at radius 3 is 1.96 bits per heavy atom. The van der Waals surface area contributed by atoms with Crippen LogP contribution in [0.15, 0.2) is 55.0 Å². The summed E-state index contributed by atoms with van der Waals surface area (Å²) in [4.78, 5) is 16.9. The van der Waals surface area contributed by atoms with E-state index >= 15 is 0 Å². The average molecular weight is 814 g/mol. The Balaban J connectivity index is 0.000000165. The first-order valence-corrected chi connectivity index (χ1v) is 18.4. The number of fused-ring (bicyclic) bond motifs is 2. The number of rotatable bonds is 9. The molecule has 1 saturated carbocycles. The number of hydrogen-bond acceptors (Lipinski definition) is 9. The third kappa shape index (κ3) is 7.36. The molecule has 2 aliphatic heterocycles. The Morgan fingerprint density at radius 1 is 0.755 bits per heavy atom. The molecular formula is C34H35Cl2IN10O2. The summed E-state index contributed by atoms with van der Waals surface area (Å²) in [6.07, 6.45) is 13.0. The Labute approximate surface area is 306 Å². The fraction of sp³-hybridized carbons (Fsp3) is 0.382. The van der Waals surface area contributed by atoms with E-state index in [4.69, 9.17) is 32.7 Å². The predicted octanol–water partition coefficient (Wildman–Crippen LogP) is 7.49. The molecule has 0 unspecified atom stereocenters. The highest BCUT2D eigenvalue weighted by molar-refractivity contribution is 14.1. The van der Waals surface area contributed by atoms with Gasteiger partial charge in [-0.15, -0.1) is 0 Å². The van der Waals surface area contributed by atoms with Crippen LogP contribution in [-0.2, 0) is 9.47 Å². The number of ether oxygens (including phenoxy) is 2. The van der Waals surface area contributed by atoms with Crippen LogP contribution in [0.1, 0.15) is 50.3 Å². The summed E-state index contributed by atoms with van der Waals surface area (Å²) in [5.41, 5.74) is 7.39. The van der Waals surface area contributed by atoms with Crippen molar-refractivity contribution in [2.24, 2.45) is 0 Å². The van der Waals surface area contributed by atoms with E-state index in [-0.39, 0.29) is 12.2 Å². The van der Waals surface area contributed by atoms with Crippen LogP contribution in [0.2, 0.25) is 10.3 Å². The van der Waals surface area contributed by atoms with Gasteiger partial charge >= 0.3 is 0 Å². The maximum atomic E-state index is 6.33. The standard InChI is InChI=1S/C23H23ClN6O.C11H12ClIN4O/c24-21-10-18(25-11-17-2-1-9-31-17)23-27-13-20(30(23)29-21)15-5-3-14(4-6-15)19-12-26-22(28-19)16-7-8-16;12-9-4-8(14-5-7-2-1-3-18-7)11-15-6-10(13)17(11)16-9/h3-6,10,12-13,16-17,25H,1-2,7-9,11H2,(H,26,28);4,6-7,14H,1-3,5H2/t17-;7-/m11/s1.